The third-order valence-corrected chi connectivity index (χ3v) is 8.77. The summed E-state index contributed by atoms with van der Waals surface area (Å²) < 4.78 is 28.1. The highest BCUT2D eigenvalue weighted by Gasteiger charge is 2.29. The van der Waals surface area contributed by atoms with Gasteiger partial charge in [-0.1, -0.05) is 78.9 Å². The van der Waals surface area contributed by atoms with Crippen LogP contribution in [0.25, 0.3) is 33.2 Å². The van der Waals surface area contributed by atoms with Crippen molar-refractivity contribution in [2.75, 3.05) is 31.1 Å². The average molecular weight is 507 g/mol. The molecule has 0 atom stereocenters. The summed E-state index contributed by atoms with van der Waals surface area (Å²) in [6, 6.07) is 35.5. The van der Waals surface area contributed by atoms with E-state index in [-0.39, 0.29) is 0 Å². The Kier molecular flexibility index (Phi) is 6.16. The molecule has 0 spiro atoms. The van der Waals surface area contributed by atoms with Crippen molar-refractivity contribution in [1.82, 2.24) is 14.5 Å². The van der Waals surface area contributed by atoms with E-state index in [4.69, 9.17) is 0 Å². The maximum Gasteiger partial charge on any atom is 0.243 e. The monoisotopic (exact) mass is 506 g/mol. The normalized spacial score (nSPS) is 14.6. The van der Waals surface area contributed by atoms with Gasteiger partial charge in [-0.3, -0.25) is 0 Å². The Morgan fingerprint density at radius 3 is 1.92 bits per heavy atom. The number of nitrogens with zero attached hydrogens (tertiary/aromatic N) is 4. The SMILES string of the molecule is O=S(=O)(c1ccc(-c2ccccc2)cc1)N1CCN(c2ccc(-c3ccc4ccccc4c3)nn2)CC1. The molecule has 1 saturated heterocycles. The molecule has 0 radical (unpaired) electrons. The molecule has 0 aliphatic carbocycles. The van der Waals surface area contributed by atoms with Gasteiger partial charge in [0.15, 0.2) is 5.82 Å². The van der Waals surface area contributed by atoms with Crippen molar-refractivity contribution < 1.29 is 8.42 Å². The lowest BCUT2D eigenvalue weighted by Gasteiger charge is -2.34. The van der Waals surface area contributed by atoms with E-state index < -0.39 is 10.0 Å². The van der Waals surface area contributed by atoms with Gasteiger partial charge in [-0.05, 0) is 52.2 Å². The Morgan fingerprint density at radius 2 is 1.22 bits per heavy atom. The van der Waals surface area contributed by atoms with Gasteiger partial charge in [-0.2, -0.15) is 4.31 Å². The second-order valence-corrected chi connectivity index (χ2v) is 11.1. The van der Waals surface area contributed by atoms with Crippen molar-refractivity contribution in [2.24, 2.45) is 0 Å². The molecule has 1 aromatic heterocycles. The second-order valence-electron chi connectivity index (χ2n) is 9.12. The van der Waals surface area contributed by atoms with E-state index >= 15 is 0 Å². The zero-order chi connectivity index (χ0) is 25.2. The molecule has 2 heterocycles. The largest absolute Gasteiger partial charge is 0.352 e. The van der Waals surface area contributed by atoms with Crippen LogP contribution >= 0.6 is 0 Å². The average Bonchev–Trinajstić information content (AvgIpc) is 2.97. The molecule has 37 heavy (non-hydrogen) atoms. The van der Waals surface area contributed by atoms with E-state index in [0.717, 1.165) is 33.6 Å². The summed E-state index contributed by atoms with van der Waals surface area (Å²) in [4.78, 5) is 2.40. The van der Waals surface area contributed by atoms with E-state index in [2.05, 4.69) is 45.4 Å². The van der Waals surface area contributed by atoms with Gasteiger partial charge in [-0.15, -0.1) is 10.2 Å². The number of anilines is 1. The first-order valence-electron chi connectivity index (χ1n) is 12.3. The molecule has 0 N–H and O–H groups in total. The number of sulfonamides is 1. The van der Waals surface area contributed by atoms with Gasteiger partial charge in [0.1, 0.15) is 0 Å². The number of benzene rings is 4. The van der Waals surface area contributed by atoms with Crippen LogP contribution in [0, 0.1) is 0 Å². The fraction of sp³-hybridized carbons (Fsp3) is 0.133. The van der Waals surface area contributed by atoms with Crippen molar-refractivity contribution in [3.05, 3.63) is 109 Å². The minimum Gasteiger partial charge on any atom is -0.352 e. The van der Waals surface area contributed by atoms with Crippen LogP contribution in [0.15, 0.2) is 114 Å². The van der Waals surface area contributed by atoms with Gasteiger partial charge >= 0.3 is 0 Å². The fourth-order valence-corrected chi connectivity index (χ4v) is 6.18. The summed E-state index contributed by atoms with van der Waals surface area (Å²) in [6.07, 6.45) is 0. The van der Waals surface area contributed by atoms with Crippen LogP contribution in [-0.4, -0.2) is 49.1 Å². The number of hydrogen-bond donors (Lipinski definition) is 0. The van der Waals surface area contributed by atoms with E-state index in [9.17, 15) is 8.42 Å². The molecule has 1 aliphatic rings. The highest BCUT2D eigenvalue weighted by molar-refractivity contribution is 7.89. The van der Waals surface area contributed by atoms with Crippen LogP contribution < -0.4 is 4.90 Å². The molecule has 0 bridgehead atoms. The third-order valence-electron chi connectivity index (χ3n) is 6.86. The molecule has 7 heteroatoms. The van der Waals surface area contributed by atoms with Crippen molar-refractivity contribution >= 4 is 26.6 Å². The molecular formula is C30H26N4O2S. The highest BCUT2D eigenvalue weighted by atomic mass is 32.2. The fourth-order valence-electron chi connectivity index (χ4n) is 4.75. The van der Waals surface area contributed by atoms with Crippen molar-refractivity contribution in [2.45, 2.75) is 4.90 Å². The van der Waals surface area contributed by atoms with Crippen LogP contribution in [0.3, 0.4) is 0 Å². The summed E-state index contributed by atoms with van der Waals surface area (Å²) in [5.41, 5.74) is 3.89. The first-order chi connectivity index (χ1) is 18.1. The van der Waals surface area contributed by atoms with Gasteiger partial charge in [0, 0.05) is 31.7 Å². The molecule has 6 nitrogen and oxygen atoms in total. The zero-order valence-corrected chi connectivity index (χ0v) is 21.1. The van der Waals surface area contributed by atoms with E-state index in [0.29, 0.717) is 31.1 Å². The van der Waals surface area contributed by atoms with Gasteiger partial charge in [0.05, 0.1) is 10.6 Å². The van der Waals surface area contributed by atoms with Crippen LogP contribution in [0.5, 0.6) is 0 Å². The number of rotatable bonds is 5. The number of fused-ring (bicyclic) bond motifs is 1. The maximum absolute atomic E-state index is 13.3. The van der Waals surface area contributed by atoms with Gasteiger partial charge in [0.2, 0.25) is 10.0 Å². The van der Waals surface area contributed by atoms with Gasteiger partial charge < -0.3 is 4.90 Å². The van der Waals surface area contributed by atoms with Crippen LogP contribution in [0.4, 0.5) is 5.82 Å². The molecule has 1 fully saturated rings. The Hall–Kier alpha value is -4.07. The molecule has 0 amide bonds. The molecule has 4 aromatic carbocycles. The Labute approximate surface area is 216 Å². The lowest BCUT2D eigenvalue weighted by atomic mass is 10.1. The van der Waals surface area contributed by atoms with Gasteiger partial charge in [-0.25, -0.2) is 8.42 Å². The number of piperazine rings is 1. The molecule has 5 aromatic rings. The highest BCUT2D eigenvalue weighted by Crippen LogP contribution is 2.26. The summed E-state index contributed by atoms with van der Waals surface area (Å²) in [6.45, 7) is 1.92. The van der Waals surface area contributed by atoms with Crippen LogP contribution in [0.2, 0.25) is 0 Å². The van der Waals surface area contributed by atoms with Gasteiger partial charge in [0.25, 0.3) is 0 Å². The first kappa shape index (κ1) is 23.3. The lowest BCUT2D eigenvalue weighted by molar-refractivity contribution is 0.383. The zero-order valence-electron chi connectivity index (χ0n) is 20.2. The van der Waals surface area contributed by atoms with Crippen molar-refractivity contribution in [3.8, 4) is 22.4 Å². The standard InChI is InChI=1S/C30H26N4O2S/c35-37(36,28-14-12-25(13-15-28)23-6-2-1-3-7-23)34-20-18-33(19-21-34)30-17-16-29(31-32-30)27-11-10-24-8-4-5-9-26(24)22-27/h1-17,22H,18-21H2. The maximum atomic E-state index is 13.3. The Balaban J connectivity index is 1.12. The minimum absolute atomic E-state index is 0.320. The molecule has 1 aliphatic heterocycles. The Bertz CT molecular complexity index is 1630. The van der Waals surface area contributed by atoms with E-state index in [1.807, 2.05) is 66.7 Å². The minimum atomic E-state index is -3.56. The molecule has 6 rings (SSSR count). The predicted octanol–water partition coefficient (Wildman–Crippen LogP) is 5.47. The number of aromatic nitrogens is 2. The first-order valence-corrected chi connectivity index (χ1v) is 13.8. The van der Waals surface area contributed by atoms with Crippen molar-refractivity contribution in [1.29, 1.82) is 0 Å². The smallest absolute Gasteiger partial charge is 0.243 e. The van der Waals surface area contributed by atoms with Crippen LogP contribution in [-0.2, 0) is 10.0 Å². The van der Waals surface area contributed by atoms with Crippen LogP contribution in [0.1, 0.15) is 0 Å². The predicted molar refractivity (Wildman–Crippen MR) is 148 cm³/mol. The number of hydrogen-bond acceptors (Lipinski definition) is 5. The molecule has 0 unspecified atom stereocenters. The molecule has 0 saturated carbocycles. The molecule has 184 valence electrons. The van der Waals surface area contributed by atoms with E-state index in [1.54, 1.807) is 16.4 Å². The molecular weight excluding hydrogens is 480 g/mol. The van der Waals surface area contributed by atoms with E-state index in [1.165, 1.54) is 5.39 Å². The third kappa shape index (κ3) is 4.71. The summed E-state index contributed by atoms with van der Waals surface area (Å²) >= 11 is 0. The summed E-state index contributed by atoms with van der Waals surface area (Å²) in [7, 11) is -3.56. The quantitative estimate of drug-likeness (QED) is 0.316. The summed E-state index contributed by atoms with van der Waals surface area (Å²) in [5.74, 6) is 0.758. The second kappa shape index (κ2) is 9.76. The lowest BCUT2D eigenvalue weighted by Crippen LogP contribution is -2.48. The van der Waals surface area contributed by atoms with Crippen molar-refractivity contribution in [3.63, 3.8) is 0 Å². The summed E-state index contributed by atoms with van der Waals surface area (Å²) in [5, 5.41) is 11.3. The Morgan fingerprint density at radius 1 is 0.568 bits per heavy atom. The topological polar surface area (TPSA) is 66.4 Å².